The molecule has 0 saturated carbocycles. The van der Waals surface area contributed by atoms with E-state index >= 15 is 0 Å². The van der Waals surface area contributed by atoms with Gasteiger partial charge in [0.25, 0.3) is 5.91 Å². The lowest BCUT2D eigenvalue weighted by Gasteiger charge is -2.15. The molecule has 0 aliphatic heterocycles. The van der Waals surface area contributed by atoms with Crippen LogP contribution in [0.3, 0.4) is 0 Å². The highest BCUT2D eigenvalue weighted by atomic mass is 16.1. The Morgan fingerprint density at radius 2 is 1.68 bits per heavy atom. The van der Waals surface area contributed by atoms with Crippen LogP contribution < -0.4 is 11.1 Å². The number of hydrogen-bond donors (Lipinski definition) is 2. The molecule has 0 aliphatic carbocycles. The van der Waals surface area contributed by atoms with Gasteiger partial charge in [-0.15, -0.1) is 0 Å². The molecule has 6 nitrogen and oxygen atoms in total. The second-order valence-electron chi connectivity index (χ2n) is 10.1. The molecular weight excluding hydrogens is 506 g/mol. The number of hydrogen-bond acceptors (Lipinski definition) is 4. The Balaban J connectivity index is 1.37. The van der Waals surface area contributed by atoms with Crippen LogP contribution in [0.2, 0.25) is 0 Å². The largest absolute Gasteiger partial charge is 0.384 e. The van der Waals surface area contributed by atoms with E-state index < -0.39 is 5.91 Å². The lowest BCUT2D eigenvalue weighted by atomic mass is 9.99. The molecule has 3 aromatic heterocycles. The van der Waals surface area contributed by atoms with Gasteiger partial charge in [-0.3, -0.25) is 14.8 Å². The molecule has 0 saturated heterocycles. The highest BCUT2D eigenvalue weighted by Crippen LogP contribution is 2.39. The first-order valence-corrected chi connectivity index (χ1v) is 13.6. The number of anilines is 1. The average molecular weight is 534 g/mol. The number of nitrogens with zero attached hydrogens (tertiary/aromatic N) is 3. The van der Waals surface area contributed by atoms with Gasteiger partial charge in [-0.25, -0.2) is 0 Å². The van der Waals surface area contributed by atoms with Crippen molar-refractivity contribution in [1.82, 2.24) is 14.5 Å². The molecule has 3 heterocycles. The van der Waals surface area contributed by atoms with Crippen LogP contribution in [0.4, 0.5) is 5.69 Å². The van der Waals surface area contributed by atoms with E-state index in [4.69, 9.17) is 10.7 Å². The highest BCUT2D eigenvalue weighted by molar-refractivity contribution is 6.16. The number of aromatic nitrogens is 3. The van der Waals surface area contributed by atoms with E-state index in [9.17, 15) is 4.79 Å². The third-order valence-electron chi connectivity index (χ3n) is 7.58. The molecule has 0 unspecified atom stereocenters. The topological polar surface area (TPSA) is 85.8 Å². The minimum absolute atomic E-state index is 0.462. The van der Waals surface area contributed by atoms with Gasteiger partial charge in [0.15, 0.2) is 0 Å². The molecular formula is C35H27N5O. The van der Waals surface area contributed by atoms with E-state index in [2.05, 4.69) is 69.5 Å². The first kappa shape index (κ1) is 24.5. The summed E-state index contributed by atoms with van der Waals surface area (Å²) in [6.45, 7) is 0.641. The zero-order valence-corrected chi connectivity index (χ0v) is 22.3. The Morgan fingerprint density at radius 3 is 2.56 bits per heavy atom. The van der Waals surface area contributed by atoms with Gasteiger partial charge >= 0.3 is 0 Å². The van der Waals surface area contributed by atoms with Crippen molar-refractivity contribution in [3.63, 3.8) is 0 Å². The molecule has 7 aromatic rings. The summed E-state index contributed by atoms with van der Waals surface area (Å²) in [5, 5.41) is 6.86. The maximum atomic E-state index is 12.3. The summed E-state index contributed by atoms with van der Waals surface area (Å²) in [4.78, 5) is 21.3. The fourth-order valence-electron chi connectivity index (χ4n) is 5.68. The van der Waals surface area contributed by atoms with Crippen molar-refractivity contribution in [1.29, 1.82) is 0 Å². The molecule has 0 aliphatic rings. The number of para-hydroxylation sites is 2. The van der Waals surface area contributed by atoms with Gasteiger partial charge in [-0.1, -0.05) is 54.6 Å². The Hall–Kier alpha value is -5.49. The number of nitrogens with two attached hydrogens (primary N) is 1. The quantitative estimate of drug-likeness (QED) is 0.228. The van der Waals surface area contributed by atoms with Gasteiger partial charge in [0.2, 0.25) is 0 Å². The summed E-state index contributed by atoms with van der Waals surface area (Å²) in [5.41, 5.74) is 14.3. The zero-order valence-electron chi connectivity index (χ0n) is 22.3. The first-order chi connectivity index (χ1) is 20.2. The van der Waals surface area contributed by atoms with Crippen LogP contribution in [0.15, 0.2) is 122 Å². The van der Waals surface area contributed by atoms with Crippen LogP contribution >= 0.6 is 0 Å². The van der Waals surface area contributed by atoms with E-state index in [1.165, 1.54) is 0 Å². The minimum Gasteiger partial charge on any atom is -0.384 e. The van der Waals surface area contributed by atoms with Gasteiger partial charge in [0.05, 0.1) is 22.1 Å². The van der Waals surface area contributed by atoms with Crippen LogP contribution in [0.1, 0.15) is 15.9 Å². The van der Waals surface area contributed by atoms with Crippen molar-refractivity contribution in [3.05, 3.63) is 133 Å². The fraction of sp³-hybridized carbons (Fsp3) is 0.0571. The Labute approximate surface area is 237 Å². The third kappa shape index (κ3) is 4.45. The summed E-state index contributed by atoms with van der Waals surface area (Å²) in [5.74, 6) is -0.464. The van der Waals surface area contributed by atoms with Gasteiger partial charge in [-0.2, -0.15) is 0 Å². The van der Waals surface area contributed by atoms with Gasteiger partial charge in [0, 0.05) is 58.2 Å². The standard InChI is InChI=1S/C35H27N5O/c36-35(41)28-15-14-26(20-31(28)38-18-16-23-7-6-17-37-21-23)40-32-12-4-2-9-29(32)34-27(10-5-13-33(34)40)25-19-24-8-1-3-11-30(24)39-22-25/h1-15,17,19-22,38H,16,18H2,(H2,36,41). The summed E-state index contributed by atoms with van der Waals surface area (Å²) in [7, 11) is 0. The van der Waals surface area contributed by atoms with E-state index in [0.29, 0.717) is 17.8 Å². The van der Waals surface area contributed by atoms with Crippen molar-refractivity contribution in [3.8, 4) is 16.8 Å². The Morgan fingerprint density at radius 1 is 0.829 bits per heavy atom. The van der Waals surface area contributed by atoms with E-state index in [1.807, 2.05) is 60.9 Å². The SMILES string of the molecule is NC(=O)c1ccc(-n2c3ccccc3c3c(-c4cnc5ccccc5c4)cccc32)cc1NCCc1cccnc1. The average Bonchev–Trinajstić information content (AvgIpc) is 3.36. The van der Waals surface area contributed by atoms with Crippen molar-refractivity contribution in [2.24, 2.45) is 5.73 Å². The predicted octanol–water partition coefficient (Wildman–Crippen LogP) is 7.15. The Bertz CT molecular complexity index is 2060. The molecule has 1 amide bonds. The Kier molecular flexibility index (Phi) is 6.13. The molecule has 198 valence electrons. The molecule has 0 fully saturated rings. The summed E-state index contributed by atoms with van der Waals surface area (Å²) in [6.07, 6.45) is 6.34. The van der Waals surface area contributed by atoms with Crippen LogP contribution in [0.5, 0.6) is 0 Å². The van der Waals surface area contributed by atoms with Crippen LogP contribution in [-0.2, 0) is 6.42 Å². The highest BCUT2D eigenvalue weighted by Gasteiger charge is 2.18. The van der Waals surface area contributed by atoms with Crippen LogP contribution in [0, 0.1) is 0 Å². The van der Waals surface area contributed by atoms with Gasteiger partial charge in [0.1, 0.15) is 0 Å². The summed E-state index contributed by atoms with van der Waals surface area (Å²) < 4.78 is 2.25. The lowest BCUT2D eigenvalue weighted by Crippen LogP contribution is -2.16. The minimum atomic E-state index is -0.464. The van der Waals surface area contributed by atoms with Crippen molar-refractivity contribution >= 4 is 44.3 Å². The maximum Gasteiger partial charge on any atom is 0.250 e. The molecule has 41 heavy (non-hydrogen) atoms. The van der Waals surface area contributed by atoms with E-state index in [1.54, 1.807) is 6.20 Å². The fourth-order valence-corrected chi connectivity index (χ4v) is 5.68. The number of amides is 1. The van der Waals surface area contributed by atoms with Crippen molar-refractivity contribution in [2.75, 3.05) is 11.9 Å². The van der Waals surface area contributed by atoms with Crippen LogP contribution in [-0.4, -0.2) is 27.0 Å². The monoisotopic (exact) mass is 533 g/mol. The number of carbonyl (C=O) groups excluding carboxylic acids is 1. The predicted molar refractivity (Wildman–Crippen MR) is 166 cm³/mol. The second kappa shape index (κ2) is 10.2. The molecule has 3 N–H and O–H groups in total. The van der Waals surface area contributed by atoms with E-state index in [0.717, 1.165) is 61.5 Å². The summed E-state index contributed by atoms with van der Waals surface area (Å²) >= 11 is 0. The molecule has 6 heteroatoms. The number of nitrogens with one attached hydrogen (secondary N) is 1. The van der Waals surface area contributed by atoms with Crippen molar-refractivity contribution in [2.45, 2.75) is 6.42 Å². The van der Waals surface area contributed by atoms with Gasteiger partial charge in [-0.05, 0) is 66.1 Å². The van der Waals surface area contributed by atoms with Crippen molar-refractivity contribution < 1.29 is 4.79 Å². The normalized spacial score (nSPS) is 11.3. The molecule has 0 bridgehead atoms. The molecule has 7 rings (SSSR count). The lowest BCUT2D eigenvalue weighted by molar-refractivity contribution is 0.100. The molecule has 0 atom stereocenters. The number of carbonyl (C=O) groups is 1. The summed E-state index contributed by atoms with van der Waals surface area (Å²) in [6, 6.07) is 34.9. The molecule has 0 spiro atoms. The van der Waals surface area contributed by atoms with E-state index in [-0.39, 0.29) is 0 Å². The molecule has 0 radical (unpaired) electrons. The zero-order chi connectivity index (χ0) is 27.8. The number of benzene rings is 4. The smallest absolute Gasteiger partial charge is 0.250 e. The third-order valence-corrected chi connectivity index (χ3v) is 7.58. The van der Waals surface area contributed by atoms with Gasteiger partial charge < -0.3 is 15.6 Å². The molecule has 4 aromatic carbocycles. The maximum absolute atomic E-state index is 12.3. The van der Waals surface area contributed by atoms with Crippen LogP contribution in [0.25, 0.3) is 49.5 Å². The number of rotatable bonds is 7. The number of pyridine rings is 2. The second-order valence-corrected chi connectivity index (χ2v) is 10.1. The number of primary amides is 1. The first-order valence-electron chi connectivity index (χ1n) is 13.6. The number of fused-ring (bicyclic) bond motifs is 4.